The molecular formula is C12H20N4O. The normalized spacial score (nSPS) is 11.1. The fraction of sp³-hybridized carbons (Fsp3) is 0.583. The monoisotopic (exact) mass is 236 g/mol. The lowest BCUT2D eigenvalue weighted by Crippen LogP contribution is -2.43. The zero-order valence-electron chi connectivity index (χ0n) is 11.1. The van der Waals surface area contributed by atoms with Gasteiger partial charge >= 0.3 is 0 Å². The van der Waals surface area contributed by atoms with Crippen molar-refractivity contribution in [2.75, 3.05) is 11.9 Å². The number of nitrogens with one attached hydrogen (secondary N) is 2. The van der Waals surface area contributed by atoms with E-state index in [1.165, 1.54) is 0 Å². The van der Waals surface area contributed by atoms with Crippen molar-refractivity contribution >= 4 is 11.7 Å². The topological polar surface area (TPSA) is 66.9 Å². The minimum absolute atomic E-state index is 0.0554. The van der Waals surface area contributed by atoms with Crippen LogP contribution in [0.4, 0.5) is 5.82 Å². The molecule has 0 spiro atoms. The highest BCUT2D eigenvalue weighted by Gasteiger charge is 2.13. The fourth-order valence-electron chi connectivity index (χ4n) is 1.33. The van der Waals surface area contributed by atoms with Gasteiger partial charge in [0.2, 0.25) is 5.91 Å². The van der Waals surface area contributed by atoms with Crippen molar-refractivity contribution in [3.8, 4) is 0 Å². The Balaban J connectivity index is 2.56. The van der Waals surface area contributed by atoms with Crippen LogP contribution in [0.25, 0.3) is 0 Å². The summed E-state index contributed by atoms with van der Waals surface area (Å²) in [6.45, 7) is 9.77. The number of hydrogen-bond acceptors (Lipinski definition) is 4. The number of aryl methyl sites for hydroxylation is 2. The maximum Gasteiger partial charge on any atom is 0.239 e. The highest BCUT2D eigenvalue weighted by Crippen LogP contribution is 2.08. The summed E-state index contributed by atoms with van der Waals surface area (Å²) in [7, 11) is 0. The van der Waals surface area contributed by atoms with Gasteiger partial charge in [-0.2, -0.15) is 0 Å². The van der Waals surface area contributed by atoms with E-state index in [2.05, 4.69) is 20.6 Å². The second-order valence-electron chi connectivity index (χ2n) is 5.10. The van der Waals surface area contributed by atoms with Gasteiger partial charge in [-0.25, -0.2) is 4.98 Å². The molecule has 1 amide bonds. The van der Waals surface area contributed by atoms with Crippen LogP contribution in [0.5, 0.6) is 0 Å². The molecule has 0 aliphatic carbocycles. The zero-order chi connectivity index (χ0) is 13.1. The van der Waals surface area contributed by atoms with Gasteiger partial charge < -0.3 is 10.6 Å². The SMILES string of the molecule is Cc1cnc(C)c(NCC(=O)NC(C)(C)C)n1. The Morgan fingerprint density at radius 3 is 2.59 bits per heavy atom. The Labute approximate surface area is 102 Å². The third-order valence-electron chi connectivity index (χ3n) is 2.01. The fourth-order valence-corrected chi connectivity index (χ4v) is 1.33. The van der Waals surface area contributed by atoms with Gasteiger partial charge in [0.15, 0.2) is 0 Å². The van der Waals surface area contributed by atoms with Crippen LogP contribution in [-0.2, 0) is 4.79 Å². The third kappa shape index (κ3) is 4.80. The first-order chi connectivity index (χ1) is 7.78. The molecule has 0 unspecified atom stereocenters. The predicted octanol–water partition coefficient (Wildman–Crippen LogP) is 1.42. The van der Waals surface area contributed by atoms with E-state index in [1.54, 1.807) is 6.20 Å². The van der Waals surface area contributed by atoms with Crippen LogP contribution in [-0.4, -0.2) is 28.0 Å². The molecule has 17 heavy (non-hydrogen) atoms. The molecule has 0 radical (unpaired) electrons. The maximum atomic E-state index is 11.6. The number of carbonyl (C=O) groups is 1. The van der Waals surface area contributed by atoms with E-state index in [-0.39, 0.29) is 18.0 Å². The molecule has 5 heteroatoms. The van der Waals surface area contributed by atoms with Crippen LogP contribution < -0.4 is 10.6 Å². The summed E-state index contributed by atoms with van der Waals surface area (Å²) < 4.78 is 0. The highest BCUT2D eigenvalue weighted by atomic mass is 16.2. The number of aromatic nitrogens is 2. The van der Waals surface area contributed by atoms with Gasteiger partial charge in [0, 0.05) is 11.7 Å². The molecule has 0 bridgehead atoms. The summed E-state index contributed by atoms with van der Waals surface area (Å²) in [6.07, 6.45) is 1.70. The maximum absolute atomic E-state index is 11.6. The summed E-state index contributed by atoms with van der Waals surface area (Å²) >= 11 is 0. The molecule has 0 atom stereocenters. The van der Waals surface area contributed by atoms with Gasteiger partial charge in [0.25, 0.3) is 0 Å². The number of amides is 1. The quantitative estimate of drug-likeness (QED) is 0.833. The number of carbonyl (C=O) groups excluding carboxylic acids is 1. The Morgan fingerprint density at radius 1 is 1.35 bits per heavy atom. The van der Waals surface area contributed by atoms with E-state index in [4.69, 9.17) is 0 Å². The summed E-state index contributed by atoms with van der Waals surface area (Å²) in [4.78, 5) is 20.1. The first-order valence-corrected chi connectivity index (χ1v) is 5.63. The minimum Gasteiger partial charge on any atom is -0.359 e. The molecular weight excluding hydrogens is 216 g/mol. The molecule has 1 aromatic heterocycles. The average Bonchev–Trinajstić information content (AvgIpc) is 2.17. The lowest BCUT2D eigenvalue weighted by atomic mass is 10.1. The molecule has 5 nitrogen and oxygen atoms in total. The Morgan fingerprint density at radius 2 is 2.00 bits per heavy atom. The van der Waals surface area contributed by atoms with Crippen molar-refractivity contribution in [3.63, 3.8) is 0 Å². The molecule has 0 aliphatic rings. The van der Waals surface area contributed by atoms with Gasteiger partial charge in [-0.1, -0.05) is 0 Å². The van der Waals surface area contributed by atoms with Crippen molar-refractivity contribution in [1.29, 1.82) is 0 Å². The van der Waals surface area contributed by atoms with Crippen LogP contribution in [0.2, 0.25) is 0 Å². The molecule has 0 saturated heterocycles. The number of rotatable bonds is 3. The number of hydrogen-bond donors (Lipinski definition) is 2. The Hall–Kier alpha value is -1.65. The van der Waals surface area contributed by atoms with Gasteiger partial charge in [-0.15, -0.1) is 0 Å². The molecule has 2 N–H and O–H groups in total. The summed E-state index contributed by atoms with van der Waals surface area (Å²) in [5.74, 6) is 0.606. The number of nitrogens with zero attached hydrogens (tertiary/aromatic N) is 2. The molecule has 0 saturated carbocycles. The van der Waals surface area contributed by atoms with Crippen molar-refractivity contribution in [2.45, 2.75) is 40.2 Å². The molecule has 94 valence electrons. The third-order valence-corrected chi connectivity index (χ3v) is 2.01. The summed E-state index contributed by atoms with van der Waals surface area (Å²) in [6, 6.07) is 0. The Kier molecular flexibility index (Phi) is 4.04. The predicted molar refractivity (Wildman–Crippen MR) is 67.9 cm³/mol. The lowest BCUT2D eigenvalue weighted by molar-refractivity contribution is -0.120. The second-order valence-corrected chi connectivity index (χ2v) is 5.10. The molecule has 0 fully saturated rings. The van der Waals surface area contributed by atoms with Crippen molar-refractivity contribution in [1.82, 2.24) is 15.3 Å². The van der Waals surface area contributed by atoms with Crippen LogP contribution in [0.3, 0.4) is 0 Å². The van der Waals surface area contributed by atoms with Gasteiger partial charge in [0.1, 0.15) is 5.82 Å². The van der Waals surface area contributed by atoms with E-state index in [0.717, 1.165) is 11.4 Å². The van der Waals surface area contributed by atoms with Crippen molar-refractivity contribution in [3.05, 3.63) is 17.6 Å². The average molecular weight is 236 g/mol. The van der Waals surface area contributed by atoms with E-state index >= 15 is 0 Å². The van der Waals surface area contributed by atoms with Gasteiger partial charge in [0.05, 0.1) is 17.9 Å². The summed E-state index contributed by atoms with van der Waals surface area (Å²) in [5, 5.41) is 5.86. The zero-order valence-corrected chi connectivity index (χ0v) is 11.1. The molecule has 1 rings (SSSR count). The second kappa shape index (κ2) is 5.12. The molecule has 1 heterocycles. The first kappa shape index (κ1) is 13.4. The van der Waals surface area contributed by atoms with Crippen molar-refractivity contribution in [2.24, 2.45) is 0 Å². The molecule has 0 aromatic carbocycles. The van der Waals surface area contributed by atoms with E-state index in [0.29, 0.717) is 5.82 Å². The van der Waals surface area contributed by atoms with E-state index in [1.807, 2.05) is 34.6 Å². The first-order valence-electron chi connectivity index (χ1n) is 5.63. The van der Waals surface area contributed by atoms with Crippen LogP contribution in [0.1, 0.15) is 32.2 Å². The van der Waals surface area contributed by atoms with Crippen LogP contribution in [0, 0.1) is 13.8 Å². The standard InChI is InChI=1S/C12H20N4O/c1-8-6-13-9(2)11(15-8)14-7-10(17)16-12(3,4)5/h6H,7H2,1-5H3,(H,14,15)(H,16,17). The van der Waals surface area contributed by atoms with Crippen LogP contribution in [0.15, 0.2) is 6.20 Å². The van der Waals surface area contributed by atoms with Gasteiger partial charge in [-0.3, -0.25) is 9.78 Å². The largest absolute Gasteiger partial charge is 0.359 e. The van der Waals surface area contributed by atoms with Crippen LogP contribution >= 0.6 is 0 Å². The van der Waals surface area contributed by atoms with Crippen molar-refractivity contribution < 1.29 is 4.79 Å². The van der Waals surface area contributed by atoms with E-state index < -0.39 is 0 Å². The highest BCUT2D eigenvalue weighted by molar-refractivity contribution is 5.81. The number of anilines is 1. The minimum atomic E-state index is -0.216. The van der Waals surface area contributed by atoms with E-state index in [9.17, 15) is 4.79 Å². The van der Waals surface area contributed by atoms with Gasteiger partial charge in [-0.05, 0) is 34.6 Å². The lowest BCUT2D eigenvalue weighted by Gasteiger charge is -2.20. The Bertz CT molecular complexity index is 409. The molecule has 0 aliphatic heterocycles. The smallest absolute Gasteiger partial charge is 0.239 e. The molecule has 1 aromatic rings. The summed E-state index contributed by atoms with van der Waals surface area (Å²) in [5.41, 5.74) is 1.40.